The SMILES string of the molecule is Cc1ccc(N2C(=O)NC(=O)/C(=C\c3cc(C)n(-c4ccc(N5CCOCC5)cc4)c3C)C2=O)cc1C. The van der Waals surface area contributed by atoms with Crippen molar-refractivity contribution in [2.24, 2.45) is 0 Å². The first-order chi connectivity index (χ1) is 17.7. The number of morpholine rings is 1. The molecule has 37 heavy (non-hydrogen) atoms. The Hall–Kier alpha value is -4.17. The molecule has 3 heterocycles. The zero-order valence-corrected chi connectivity index (χ0v) is 21.5. The molecule has 2 saturated heterocycles. The van der Waals surface area contributed by atoms with E-state index in [1.807, 2.05) is 39.8 Å². The molecule has 4 amide bonds. The molecule has 0 aliphatic carbocycles. The Morgan fingerprint density at radius 3 is 2.14 bits per heavy atom. The molecule has 0 radical (unpaired) electrons. The van der Waals surface area contributed by atoms with Crippen LogP contribution in [0.25, 0.3) is 11.8 Å². The van der Waals surface area contributed by atoms with Crippen LogP contribution in [0, 0.1) is 27.7 Å². The highest BCUT2D eigenvalue weighted by molar-refractivity contribution is 6.39. The number of aromatic nitrogens is 1. The van der Waals surface area contributed by atoms with Gasteiger partial charge in [-0.3, -0.25) is 14.9 Å². The van der Waals surface area contributed by atoms with Gasteiger partial charge in [0.05, 0.1) is 18.9 Å². The van der Waals surface area contributed by atoms with Gasteiger partial charge >= 0.3 is 6.03 Å². The maximum atomic E-state index is 13.4. The zero-order chi connectivity index (χ0) is 26.3. The van der Waals surface area contributed by atoms with Gasteiger partial charge in [0.15, 0.2) is 0 Å². The summed E-state index contributed by atoms with van der Waals surface area (Å²) in [5.41, 5.74) is 7.07. The van der Waals surface area contributed by atoms with E-state index in [2.05, 4.69) is 39.0 Å². The monoisotopic (exact) mass is 498 g/mol. The van der Waals surface area contributed by atoms with Crippen molar-refractivity contribution >= 4 is 35.3 Å². The summed E-state index contributed by atoms with van der Waals surface area (Å²) in [6.45, 7) is 11.0. The van der Waals surface area contributed by atoms with Crippen LogP contribution < -0.4 is 15.1 Å². The van der Waals surface area contributed by atoms with Crippen molar-refractivity contribution in [2.75, 3.05) is 36.1 Å². The number of hydrogen-bond acceptors (Lipinski definition) is 5. The molecule has 2 fully saturated rings. The number of nitrogens with one attached hydrogen (secondary N) is 1. The molecule has 3 aromatic rings. The second kappa shape index (κ2) is 9.71. The van der Waals surface area contributed by atoms with E-state index in [-0.39, 0.29) is 5.57 Å². The average molecular weight is 499 g/mol. The minimum Gasteiger partial charge on any atom is -0.378 e. The fourth-order valence-electron chi connectivity index (χ4n) is 4.88. The van der Waals surface area contributed by atoms with Gasteiger partial charge in [0.2, 0.25) is 0 Å². The average Bonchev–Trinajstić information content (AvgIpc) is 3.17. The molecule has 2 aliphatic heterocycles. The summed E-state index contributed by atoms with van der Waals surface area (Å²) >= 11 is 0. The fraction of sp³-hybridized carbons (Fsp3) is 0.276. The Morgan fingerprint density at radius 1 is 0.811 bits per heavy atom. The fourth-order valence-corrected chi connectivity index (χ4v) is 4.88. The molecule has 190 valence electrons. The van der Waals surface area contributed by atoms with Crippen molar-refractivity contribution in [3.63, 3.8) is 0 Å². The molecule has 0 spiro atoms. The molecule has 8 nitrogen and oxygen atoms in total. The third-order valence-electron chi connectivity index (χ3n) is 7.10. The predicted molar refractivity (Wildman–Crippen MR) is 143 cm³/mol. The van der Waals surface area contributed by atoms with E-state index in [0.29, 0.717) is 5.69 Å². The van der Waals surface area contributed by atoms with Crippen molar-refractivity contribution in [1.82, 2.24) is 9.88 Å². The van der Waals surface area contributed by atoms with Crippen LogP contribution in [0.15, 0.2) is 54.1 Å². The lowest BCUT2D eigenvalue weighted by Crippen LogP contribution is -2.54. The molecule has 0 atom stereocenters. The number of carbonyl (C=O) groups is 3. The Morgan fingerprint density at radius 2 is 1.46 bits per heavy atom. The van der Waals surface area contributed by atoms with Crippen LogP contribution in [-0.2, 0) is 14.3 Å². The van der Waals surface area contributed by atoms with E-state index >= 15 is 0 Å². The summed E-state index contributed by atoms with van der Waals surface area (Å²) in [5, 5.41) is 2.31. The Labute approximate surface area is 216 Å². The molecule has 0 bridgehead atoms. The highest BCUT2D eigenvalue weighted by atomic mass is 16.5. The van der Waals surface area contributed by atoms with Crippen molar-refractivity contribution in [3.8, 4) is 5.69 Å². The lowest BCUT2D eigenvalue weighted by atomic mass is 10.1. The van der Waals surface area contributed by atoms with Crippen LogP contribution in [0.4, 0.5) is 16.2 Å². The van der Waals surface area contributed by atoms with Crippen LogP contribution in [0.2, 0.25) is 0 Å². The summed E-state index contributed by atoms with van der Waals surface area (Å²) in [7, 11) is 0. The van der Waals surface area contributed by atoms with Gasteiger partial charge < -0.3 is 14.2 Å². The van der Waals surface area contributed by atoms with Gasteiger partial charge in [-0.25, -0.2) is 9.69 Å². The van der Waals surface area contributed by atoms with Crippen LogP contribution in [0.3, 0.4) is 0 Å². The van der Waals surface area contributed by atoms with Gasteiger partial charge in [-0.15, -0.1) is 0 Å². The third kappa shape index (κ3) is 4.56. The summed E-state index contributed by atoms with van der Waals surface area (Å²) < 4.78 is 7.54. The van der Waals surface area contributed by atoms with Gasteiger partial charge in [-0.2, -0.15) is 0 Å². The number of rotatable bonds is 4. The molecular formula is C29H30N4O4. The number of aryl methyl sites for hydroxylation is 3. The largest absolute Gasteiger partial charge is 0.378 e. The number of imide groups is 2. The quantitative estimate of drug-likeness (QED) is 0.430. The molecule has 2 aliphatic rings. The van der Waals surface area contributed by atoms with E-state index in [1.165, 1.54) is 0 Å². The van der Waals surface area contributed by atoms with Crippen LogP contribution in [0.1, 0.15) is 28.1 Å². The smallest absolute Gasteiger partial charge is 0.335 e. The van der Waals surface area contributed by atoms with Crippen LogP contribution >= 0.6 is 0 Å². The number of benzene rings is 2. The number of anilines is 2. The Balaban J connectivity index is 1.46. The van der Waals surface area contributed by atoms with Gasteiger partial charge in [-0.05, 0) is 92.9 Å². The summed E-state index contributed by atoms with van der Waals surface area (Å²) in [4.78, 5) is 42.0. The normalized spacial score (nSPS) is 17.5. The third-order valence-corrected chi connectivity index (χ3v) is 7.10. The zero-order valence-electron chi connectivity index (χ0n) is 21.5. The Kier molecular flexibility index (Phi) is 6.43. The second-order valence-electron chi connectivity index (χ2n) is 9.50. The minimum atomic E-state index is -0.749. The standard InChI is InChI=1S/C29H30N4O4/c1-18-5-6-25(15-19(18)2)33-28(35)26(27(34)30-29(33)36)17-22-16-20(3)32(21(22)4)24-9-7-23(8-10-24)31-11-13-37-14-12-31/h5-10,15-17H,11-14H2,1-4H3,(H,30,34,36)/b26-17+. The number of ether oxygens (including phenoxy) is 1. The summed E-state index contributed by atoms with van der Waals surface area (Å²) in [6, 6.07) is 14.9. The first-order valence-corrected chi connectivity index (χ1v) is 12.4. The number of urea groups is 1. The number of amides is 4. The van der Waals surface area contributed by atoms with E-state index in [1.54, 1.807) is 18.2 Å². The summed E-state index contributed by atoms with van der Waals surface area (Å²) in [6.07, 6.45) is 1.57. The van der Waals surface area contributed by atoms with Gasteiger partial charge in [0.25, 0.3) is 11.8 Å². The Bertz CT molecular complexity index is 1430. The molecule has 5 rings (SSSR count). The molecule has 2 aromatic carbocycles. The van der Waals surface area contributed by atoms with Crippen LogP contribution in [-0.4, -0.2) is 48.7 Å². The molecule has 8 heteroatoms. The molecule has 1 N–H and O–H groups in total. The number of nitrogens with zero attached hydrogens (tertiary/aromatic N) is 3. The minimum absolute atomic E-state index is 0.0826. The topological polar surface area (TPSA) is 83.9 Å². The first-order valence-electron chi connectivity index (χ1n) is 12.4. The second-order valence-corrected chi connectivity index (χ2v) is 9.50. The van der Waals surface area contributed by atoms with Crippen molar-refractivity contribution < 1.29 is 19.1 Å². The highest BCUT2D eigenvalue weighted by Gasteiger charge is 2.37. The molecule has 1 aromatic heterocycles. The highest BCUT2D eigenvalue weighted by Crippen LogP contribution is 2.28. The van der Waals surface area contributed by atoms with Crippen molar-refractivity contribution in [3.05, 3.63) is 82.2 Å². The predicted octanol–water partition coefficient (Wildman–Crippen LogP) is 4.21. The number of barbiturate groups is 1. The number of carbonyl (C=O) groups excluding carboxylic acids is 3. The summed E-state index contributed by atoms with van der Waals surface area (Å²) in [5.74, 6) is -1.34. The van der Waals surface area contributed by atoms with Crippen LogP contribution in [0.5, 0.6) is 0 Å². The maximum absolute atomic E-state index is 13.4. The van der Waals surface area contributed by atoms with E-state index in [9.17, 15) is 14.4 Å². The molecule has 0 unspecified atom stereocenters. The number of hydrogen-bond donors (Lipinski definition) is 1. The maximum Gasteiger partial charge on any atom is 0.335 e. The van der Waals surface area contributed by atoms with E-state index in [4.69, 9.17) is 4.74 Å². The first kappa shape index (κ1) is 24.5. The van der Waals surface area contributed by atoms with Gasteiger partial charge in [-0.1, -0.05) is 6.07 Å². The molecule has 0 saturated carbocycles. The molecular weight excluding hydrogens is 468 g/mol. The van der Waals surface area contributed by atoms with Gasteiger partial charge in [0, 0.05) is 35.9 Å². The lowest BCUT2D eigenvalue weighted by molar-refractivity contribution is -0.122. The van der Waals surface area contributed by atoms with Gasteiger partial charge in [0.1, 0.15) is 5.57 Å². The van der Waals surface area contributed by atoms with E-state index in [0.717, 1.165) is 70.7 Å². The van der Waals surface area contributed by atoms with E-state index < -0.39 is 17.8 Å². The van der Waals surface area contributed by atoms with Crippen molar-refractivity contribution in [1.29, 1.82) is 0 Å². The lowest BCUT2D eigenvalue weighted by Gasteiger charge is -2.29. The van der Waals surface area contributed by atoms with Crippen molar-refractivity contribution in [2.45, 2.75) is 27.7 Å².